The van der Waals surface area contributed by atoms with Crippen LogP contribution in [0, 0.1) is 0 Å². The van der Waals surface area contributed by atoms with Crippen LogP contribution in [0.5, 0.6) is 0 Å². The molecule has 1 aliphatic rings. The number of aromatic nitrogens is 2. The summed E-state index contributed by atoms with van der Waals surface area (Å²) in [6.45, 7) is 0. The minimum Gasteiger partial charge on any atom is -0.324 e. The van der Waals surface area contributed by atoms with E-state index in [1.165, 1.54) is 25.7 Å². The Morgan fingerprint density at radius 2 is 2.00 bits per heavy atom. The lowest BCUT2D eigenvalue weighted by atomic mass is 10.2. The molecule has 5 heteroatoms. The first-order chi connectivity index (χ1) is 9.25. The van der Waals surface area contributed by atoms with Gasteiger partial charge in [-0.05, 0) is 25.0 Å². The van der Waals surface area contributed by atoms with E-state index in [4.69, 9.17) is 23.2 Å². The van der Waals surface area contributed by atoms with Crippen molar-refractivity contribution in [2.75, 3.05) is 5.32 Å². The summed E-state index contributed by atoms with van der Waals surface area (Å²) in [6, 6.07) is 6.10. The number of halogens is 2. The van der Waals surface area contributed by atoms with Crippen molar-refractivity contribution in [3.05, 3.63) is 40.6 Å². The predicted molar refractivity (Wildman–Crippen MR) is 79.5 cm³/mol. The molecule has 1 saturated carbocycles. The van der Waals surface area contributed by atoms with Crippen LogP contribution in [0.2, 0.25) is 10.0 Å². The molecule has 3 nitrogen and oxygen atoms in total. The second kappa shape index (κ2) is 5.43. The Hall–Kier alpha value is -1.19. The number of nitrogens with one attached hydrogen (secondary N) is 1. The minimum atomic E-state index is 0.533. The maximum absolute atomic E-state index is 6.19. The first kappa shape index (κ1) is 12.8. The van der Waals surface area contributed by atoms with Crippen molar-refractivity contribution in [1.29, 1.82) is 0 Å². The molecular weight excluding hydrogens is 281 g/mol. The van der Waals surface area contributed by atoms with Crippen molar-refractivity contribution in [3.63, 3.8) is 0 Å². The number of nitrogens with zero attached hydrogens (tertiary/aromatic N) is 2. The lowest BCUT2D eigenvalue weighted by Crippen LogP contribution is -2.08. The van der Waals surface area contributed by atoms with Crippen molar-refractivity contribution < 1.29 is 0 Å². The maximum Gasteiger partial charge on any atom is 0.207 e. The van der Waals surface area contributed by atoms with E-state index in [0.29, 0.717) is 16.1 Å². The van der Waals surface area contributed by atoms with E-state index in [0.717, 1.165) is 11.6 Å². The van der Waals surface area contributed by atoms with E-state index in [1.807, 2.05) is 24.5 Å². The zero-order chi connectivity index (χ0) is 13.2. The van der Waals surface area contributed by atoms with Crippen LogP contribution in [0.1, 0.15) is 31.7 Å². The van der Waals surface area contributed by atoms with Crippen LogP contribution < -0.4 is 5.32 Å². The summed E-state index contributed by atoms with van der Waals surface area (Å²) in [6.07, 6.45) is 8.86. The molecule has 1 aliphatic carbocycles. The largest absolute Gasteiger partial charge is 0.324 e. The first-order valence-corrected chi connectivity index (χ1v) is 7.25. The van der Waals surface area contributed by atoms with E-state index in [1.54, 1.807) is 6.07 Å². The Balaban J connectivity index is 1.87. The Labute approximate surface area is 122 Å². The summed E-state index contributed by atoms with van der Waals surface area (Å²) in [4.78, 5) is 4.38. The molecule has 0 atom stereocenters. The molecule has 1 fully saturated rings. The van der Waals surface area contributed by atoms with Gasteiger partial charge in [-0.3, -0.25) is 0 Å². The van der Waals surface area contributed by atoms with E-state index in [9.17, 15) is 0 Å². The summed E-state index contributed by atoms with van der Waals surface area (Å²) >= 11 is 12.2. The van der Waals surface area contributed by atoms with Crippen LogP contribution in [0.3, 0.4) is 0 Å². The van der Waals surface area contributed by atoms with E-state index < -0.39 is 0 Å². The number of imidazole rings is 1. The third-order valence-corrected chi connectivity index (χ3v) is 4.40. The predicted octanol–water partition coefficient (Wildman–Crippen LogP) is 5.05. The molecule has 0 aliphatic heterocycles. The van der Waals surface area contributed by atoms with Gasteiger partial charge in [0.25, 0.3) is 0 Å². The highest BCUT2D eigenvalue weighted by molar-refractivity contribution is 6.43. The molecule has 100 valence electrons. The molecule has 0 unspecified atom stereocenters. The Morgan fingerprint density at radius 1 is 1.21 bits per heavy atom. The Kier molecular flexibility index (Phi) is 3.67. The molecule has 0 spiro atoms. The molecule has 1 aromatic carbocycles. The highest BCUT2D eigenvalue weighted by atomic mass is 35.5. The van der Waals surface area contributed by atoms with Gasteiger partial charge < -0.3 is 9.88 Å². The average molecular weight is 296 g/mol. The van der Waals surface area contributed by atoms with Gasteiger partial charge in [-0.1, -0.05) is 42.1 Å². The molecular formula is C14H15Cl2N3. The van der Waals surface area contributed by atoms with Gasteiger partial charge in [-0.25, -0.2) is 4.98 Å². The third kappa shape index (κ3) is 2.58. The van der Waals surface area contributed by atoms with Crippen LogP contribution in [-0.2, 0) is 0 Å². The molecule has 3 rings (SSSR count). The summed E-state index contributed by atoms with van der Waals surface area (Å²) in [5.41, 5.74) is 0.791. The number of hydrogen-bond acceptors (Lipinski definition) is 2. The first-order valence-electron chi connectivity index (χ1n) is 6.49. The van der Waals surface area contributed by atoms with Crippen LogP contribution in [0.25, 0.3) is 0 Å². The van der Waals surface area contributed by atoms with Crippen molar-refractivity contribution in [2.24, 2.45) is 0 Å². The summed E-state index contributed by atoms with van der Waals surface area (Å²) < 4.78 is 2.20. The fourth-order valence-electron chi connectivity index (χ4n) is 2.61. The Bertz CT molecular complexity index is 574. The monoisotopic (exact) mass is 295 g/mol. The molecule has 2 aromatic rings. The van der Waals surface area contributed by atoms with Crippen molar-refractivity contribution >= 4 is 34.8 Å². The van der Waals surface area contributed by atoms with Gasteiger partial charge in [0.15, 0.2) is 0 Å². The fraction of sp³-hybridized carbons (Fsp3) is 0.357. The summed E-state index contributed by atoms with van der Waals surface area (Å²) in [5.74, 6) is 0.830. The maximum atomic E-state index is 6.19. The molecule has 1 N–H and O–H groups in total. The SMILES string of the molecule is Clc1cccc(Nc2nccn2C2CCCC2)c1Cl. The third-order valence-electron chi connectivity index (χ3n) is 3.58. The van der Waals surface area contributed by atoms with Crippen molar-refractivity contribution in [3.8, 4) is 0 Å². The van der Waals surface area contributed by atoms with Crippen molar-refractivity contribution in [2.45, 2.75) is 31.7 Å². The lowest BCUT2D eigenvalue weighted by Gasteiger charge is -2.16. The molecule has 1 heterocycles. The van der Waals surface area contributed by atoms with Gasteiger partial charge in [-0.15, -0.1) is 0 Å². The molecule has 1 aromatic heterocycles. The number of rotatable bonds is 3. The van der Waals surface area contributed by atoms with Crippen LogP contribution in [0.15, 0.2) is 30.6 Å². The highest BCUT2D eigenvalue weighted by Crippen LogP contribution is 2.34. The molecule has 0 amide bonds. The lowest BCUT2D eigenvalue weighted by molar-refractivity contribution is 0.525. The molecule has 0 bridgehead atoms. The second-order valence-electron chi connectivity index (χ2n) is 4.82. The normalized spacial score (nSPS) is 15.9. The standard InChI is InChI=1S/C14H15Cl2N3/c15-11-6-3-7-12(13(11)16)18-14-17-8-9-19(14)10-4-1-2-5-10/h3,6-10H,1-2,4-5H2,(H,17,18). The van der Waals surface area contributed by atoms with E-state index in [-0.39, 0.29) is 0 Å². The van der Waals surface area contributed by atoms with Gasteiger partial charge >= 0.3 is 0 Å². The van der Waals surface area contributed by atoms with Gasteiger partial charge in [0.05, 0.1) is 15.7 Å². The van der Waals surface area contributed by atoms with Crippen molar-refractivity contribution in [1.82, 2.24) is 9.55 Å². The quantitative estimate of drug-likeness (QED) is 0.859. The Morgan fingerprint density at radius 3 is 2.79 bits per heavy atom. The highest BCUT2D eigenvalue weighted by Gasteiger charge is 2.19. The smallest absolute Gasteiger partial charge is 0.207 e. The molecule has 0 radical (unpaired) electrons. The minimum absolute atomic E-state index is 0.533. The van der Waals surface area contributed by atoms with Crippen LogP contribution in [0.4, 0.5) is 11.6 Å². The van der Waals surface area contributed by atoms with Gasteiger partial charge in [0, 0.05) is 18.4 Å². The van der Waals surface area contributed by atoms with Crippen LogP contribution >= 0.6 is 23.2 Å². The van der Waals surface area contributed by atoms with E-state index in [2.05, 4.69) is 14.9 Å². The number of anilines is 2. The van der Waals surface area contributed by atoms with Gasteiger partial charge in [0.1, 0.15) is 0 Å². The van der Waals surface area contributed by atoms with Gasteiger partial charge in [-0.2, -0.15) is 0 Å². The fourth-order valence-corrected chi connectivity index (χ4v) is 2.96. The summed E-state index contributed by atoms with van der Waals surface area (Å²) in [7, 11) is 0. The average Bonchev–Trinajstić information content (AvgIpc) is 3.05. The van der Waals surface area contributed by atoms with Gasteiger partial charge in [0.2, 0.25) is 5.95 Å². The number of benzene rings is 1. The zero-order valence-electron chi connectivity index (χ0n) is 10.4. The molecule has 0 saturated heterocycles. The molecule has 19 heavy (non-hydrogen) atoms. The zero-order valence-corrected chi connectivity index (χ0v) is 12.0. The number of hydrogen-bond donors (Lipinski definition) is 1. The summed E-state index contributed by atoms with van der Waals surface area (Å²) in [5, 5.41) is 4.35. The second-order valence-corrected chi connectivity index (χ2v) is 5.61. The van der Waals surface area contributed by atoms with E-state index >= 15 is 0 Å². The topological polar surface area (TPSA) is 29.9 Å². The van der Waals surface area contributed by atoms with Crippen LogP contribution in [-0.4, -0.2) is 9.55 Å².